The van der Waals surface area contributed by atoms with Gasteiger partial charge in [-0.15, -0.1) is 0 Å². The van der Waals surface area contributed by atoms with Gasteiger partial charge in [0.1, 0.15) is 0 Å². The summed E-state index contributed by atoms with van der Waals surface area (Å²) in [5.41, 5.74) is 0. The molecule has 1 aliphatic rings. The number of oxazole rings is 1. The van der Waals surface area contributed by atoms with Crippen LogP contribution in [0.5, 0.6) is 0 Å². The van der Waals surface area contributed by atoms with Crippen LogP contribution in [-0.4, -0.2) is 53.9 Å². The van der Waals surface area contributed by atoms with Crippen molar-refractivity contribution in [2.75, 3.05) is 27.2 Å². The summed E-state index contributed by atoms with van der Waals surface area (Å²) in [6.07, 6.45) is 4.89. The lowest BCUT2D eigenvalue weighted by Gasteiger charge is -2.36. The first-order valence-electron chi connectivity index (χ1n) is 6.43. The van der Waals surface area contributed by atoms with E-state index in [4.69, 9.17) is 4.42 Å². The van der Waals surface area contributed by atoms with Gasteiger partial charge in [0.15, 0.2) is 6.39 Å². The number of carbonyl (C=O) groups excluding carboxylic acids is 1. The number of carbonyl (C=O) groups is 1. The van der Waals surface area contributed by atoms with Gasteiger partial charge in [-0.05, 0) is 39.8 Å². The van der Waals surface area contributed by atoms with Gasteiger partial charge in [-0.25, -0.2) is 4.98 Å². The molecule has 0 bridgehead atoms. The molecule has 0 saturated carbocycles. The molecular weight excluding hydrogens is 230 g/mol. The quantitative estimate of drug-likeness (QED) is 0.816. The van der Waals surface area contributed by atoms with Gasteiger partial charge in [-0.1, -0.05) is 0 Å². The summed E-state index contributed by atoms with van der Waals surface area (Å²) in [5, 5.41) is 0. The van der Waals surface area contributed by atoms with Crippen LogP contribution in [0.15, 0.2) is 17.0 Å². The molecule has 1 saturated heterocycles. The van der Waals surface area contributed by atoms with Gasteiger partial charge in [-0.2, -0.15) is 0 Å². The van der Waals surface area contributed by atoms with Crippen molar-refractivity contribution in [1.82, 2.24) is 14.8 Å². The molecule has 1 unspecified atom stereocenters. The zero-order valence-corrected chi connectivity index (χ0v) is 11.3. The fraction of sp³-hybridized carbons (Fsp3) is 0.692. The lowest BCUT2D eigenvalue weighted by atomic mass is 9.89. The van der Waals surface area contributed by atoms with Crippen molar-refractivity contribution in [2.24, 2.45) is 5.92 Å². The second kappa shape index (κ2) is 5.52. The normalized spacial score (nSPS) is 19.2. The molecule has 2 rings (SSSR count). The summed E-state index contributed by atoms with van der Waals surface area (Å²) in [7, 11) is 4.22. The van der Waals surface area contributed by atoms with E-state index in [0.717, 1.165) is 25.9 Å². The minimum absolute atomic E-state index is 0.0385. The number of amides is 1. The summed E-state index contributed by atoms with van der Waals surface area (Å²) < 4.78 is 5.05. The Hall–Kier alpha value is -1.36. The van der Waals surface area contributed by atoms with Crippen LogP contribution in [-0.2, 0) is 0 Å². The molecule has 1 amide bonds. The first-order valence-corrected chi connectivity index (χ1v) is 6.43. The highest BCUT2D eigenvalue weighted by Crippen LogP contribution is 2.23. The van der Waals surface area contributed by atoms with Gasteiger partial charge >= 0.3 is 0 Å². The molecule has 1 aromatic heterocycles. The lowest BCUT2D eigenvalue weighted by Crippen LogP contribution is -2.43. The van der Waals surface area contributed by atoms with E-state index in [1.807, 2.05) is 4.90 Å². The molecule has 100 valence electrons. The second-order valence-corrected chi connectivity index (χ2v) is 5.20. The van der Waals surface area contributed by atoms with Crippen LogP contribution in [0.25, 0.3) is 0 Å². The monoisotopic (exact) mass is 251 g/mol. The average molecular weight is 251 g/mol. The van der Waals surface area contributed by atoms with Crippen LogP contribution >= 0.6 is 0 Å². The third-order valence-electron chi connectivity index (χ3n) is 3.97. The minimum atomic E-state index is -0.0385. The van der Waals surface area contributed by atoms with E-state index in [1.165, 1.54) is 12.6 Å². The Labute approximate surface area is 108 Å². The van der Waals surface area contributed by atoms with Gasteiger partial charge in [0.25, 0.3) is 5.91 Å². The molecule has 1 fully saturated rings. The van der Waals surface area contributed by atoms with E-state index in [1.54, 1.807) is 0 Å². The van der Waals surface area contributed by atoms with Crippen LogP contribution in [0.2, 0.25) is 0 Å². The molecule has 5 heteroatoms. The predicted octanol–water partition coefficient (Wildman–Crippen LogP) is 1.48. The van der Waals surface area contributed by atoms with Crippen molar-refractivity contribution < 1.29 is 9.21 Å². The maximum absolute atomic E-state index is 12.1. The smallest absolute Gasteiger partial charge is 0.291 e. The van der Waals surface area contributed by atoms with Crippen molar-refractivity contribution in [3.63, 3.8) is 0 Å². The van der Waals surface area contributed by atoms with Crippen LogP contribution in [0.1, 0.15) is 30.3 Å². The van der Waals surface area contributed by atoms with Gasteiger partial charge in [-0.3, -0.25) is 4.79 Å². The lowest BCUT2D eigenvalue weighted by molar-refractivity contribution is 0.0610. The average Bonchev–Trinajstić information content (AvgIpc) is 2.91. The van der Waals surface area contributed by atoms with E-state index < -0.39 is 0 Å². The first kappa shape index (κ1) is 13.1. The standard InChI is InChI=1S/C13H21N3O2/c1-10(15(2)3)11-4-6-16(7-5-11)13(17)12-8-14-9-18-12/h8-11H,4-7H2,1-3H3. The summed E-state index contributed by atoms with van der Waals surface area (Å²) in [6.45, 7) is 3.86. The van der Waals surface area contributed by atoms with E-state index >= 15 is 0 Å². The summed E-state index contributed by atoms with van der Waals surface area (Å²) in [6, 6.07) is 0.563. The van der Waals surface area contributed by atoms with Gasteiger partial charge in [0.05, 0.1) is 6.20 Å². The molecule has 5 nitrogen and oxygen atoms in total. The Morgan fingerprint density at radius 2 is 2.17 bits per heavy atom. The molecular formula is C13H21N3O2. The summed E-state index contributed by atoms with van der Waals surface area (Å²) in [5.74, 6) is 0.969. The molecule has 0 aromatic carbocycles. The van der Waals surface area contributed by atoms with Gasteiger partial charge < -0.3 is 14.2 Å². The Balaban J connectivity index is 1.89. The van der Waals surface area contributed by atoms with E-state index in [0.29, 0.717) is 17.7 Å². The molecule has 0 N–H and O–H groups in total. The SMILES string of the molecule is CC(C1CCN(C(=O)c2cnco2)CC1)N(C)C. The minimum Gasteiger partial charge on any atom is -0.438 e. The van der Waals surface area contributed by atoms with E-state index in [9.17, 15) is 4.79 Å². The third kappa shape index (κ3) is 2.72. The topological polar surface area (TPSA) is 49.6 Å². The molecule has 0 radical (unpaired) electrons. The van der Waals surface area contributed by atoms with E-state index in [2.05, 4.69) is 30.9 Å². The van der Waals surface area contributed by atoms with E-state index in [-0.39, 0.29) is 5.91 Å². The fourth-order valence-electron chi connectivity index (χ4n) is 2.48. The van der Waals surface area contributed by atoms with Crippen molar-refractivity contribution in [2.45, 2.75) is 25.8 Å². The van der Waals surface area contributed by atoms with Crippen molar-refractivity contribution in [1.29, 1.82) is 0 Å². The number of nitrogens with zero attached hydrogens (tertiary/aromatic N) is 3. The number of hydrogen-bond acceptors (Lipinski definition) is 4. The number of rotatable bonds is 3. The number of hydrogen-bond donors (Lipinski definition) is 0. The number of likely N-dealkylation sites (tertiary alicyclic amines) is 1. The van der Waals surface area contributed by atoms with Crippen LogP contribution in [0.4, 0.5) is 0 Å². The van der Waals surface area contributed by atoms with Gasteiger partial charge in [0, 0.05) is 19.1 Å². The van der Waals surface area contributed by atoms with Crippen molar-refractivity contribution in [3.05, 3.63) is 18.4 Å². The molecule has 18 heavy (non-hydrogen) atoms. The second-order valence-electron chi connectivity index (χ2n) is 5.20. The molecule has 1 aliphatic heterocycles. The number of aromatic nitrogens is 1. The summed E-state index contributed by atoms with van der Waals surface area (Å²) in [4.78, 5) is 19.9. The highest BCUT2D eigenvalue weighted by Gasteiger charge is 2.28. The maximum atomic E-state index is 12.1. The Morgan fingerprint density at radius 1 is 1.50 bits per heavy atom. The zero-order chi connectivity index (χ0) is 13.1. The van der Waals surface area contributed by atoms with Crippen LogP contribution < -0.4 is 0 Å². The highest BCUT2D eigenvalue weighted by molar-refractivity contribution is 5.91. The number of piperidine rings is 1. The van der Waals surface area contributed by atoms with Gasteiger partial charge in [0.2, 0.25) is 5.76 Å². The molecule has 0 aliphatic carbocycles. The van der Waals surface area contributed by atoms with Crippen molar-refractivity contribution >= 4 is 5.91 Å². The van der Waals surface area contributed by atoms with Crippen LogP contribution in [0, 0.1) is 5.92 Å². The first-order chi connectivity index (χ1) is 8.59. The summed E-state index contributed by atoms with van der Waals surface area (Å²) >= 11 is 0. The molecule has 1 aromatic rings. The third-order valence-corrected chi connectivity index (χ3v) is 3.97. The molecule has 2 heterocycles. The zero-order valence-electron chi connectivity index (χ0n) is 11.3. The highest BCUT2D eigenvalue weighted by atomic mass is 16.3. The molecule has 0 spiro atoms. The Morgan fingerprint density at radius 3 is 2.67 bits per heavy atom. The molecule has 1 atom stereocenters. The Kier molecular flexibility index (Phi) is 4.01. The fourth-order valence-corrected chi connectivity index (χ4v) is 2.48. The Bertz CT molecular complexity index is 381. The van der Waals surface area contributed by atoms with Crippen LogP contribution in [0.3, 0.4) is 0 Å². The predicted molar refractivity (Wildman–Crippen MR) is 68.3 cm³/mol. The maximum Gasteiger partial charge on any atom is 0.291 e. The largest absolute Gasteiger partial charge is 0.438 e. The van der Waals surface area contributed by atoms with Crippen molar-refractivity contribution in [3.8, 4) is 0 Å².